The Morgan fingerprint density at radius 3 is 2.55 bits per heavy atom. The van der Waals surface area contributed by atoms with Crippen LogP contribution in [0.3, 0.4) is 0 Å². The van der Waals surface area contributed by atoms with Crippen LogP contribution in [0.4, 0.5) is 0 Å². The second kappa shape index (κ2) is 6.69. The molecule has 1 unspecified atom stereocenters. The average molecular weight is 363 g/mol. The summed E-state index contributed by atoms with van der Waals surface area (Å²) in [4.78, 5) is 12.1. The van der Waals surface area contributed by atoms with Gasteiger partial charge in [-0.2, -0.15) is 0 Å². The van der Waals surface area contributed by atoms with Crippen molar-refractivity contribution in [1.82, 2.24) is 5.32 Å². The van der Waals surface area contributed by atoms with Gasteiger partial charge < -0.3 is 5.32 Å². The second-order valence-corrected chi connectivity index (χ2v) is 7.20. The van der Waals surface area contributed by atoms with Gasteiger partial charge in [-0.15, -0.1) is 0 Å². The summed E-state index contributed by atoms with van der Waals surface area (Å²) in [6.45, 7) is 5.69. The zero-order chi connectivity index (χ0) is 15.5. The first-order valence-electron chi connectivity index (χ1n) is 6.30. The van der Waals surface area contributed by atoms with Crippen LogP contribution in [-0.4, -0.2) is 20.4 Å². The highest BCUT2D eigenvalue weighted by Gasteiger charge is 2.18. The van der Waals surface area contributed by atoms with E-state index in [0.717, 1.165) is 12.8 Å². The number of amides is 1. The molecule has 0 heterocycles. The molecule has 1 rings (SSSR count). The summed E-state index contributed by atoms with van der Waals surface area (Å²) in [6, 6.07) is 2.74. The van der Waals surface area contributed by atoms with E-state index in [1.54, 1.807) is 6.92 Å². The predicted molar refractivity (Wildman–Crippen MR) is 82.1 cm³/mol. The fourth-order valence-electron chi connectivity index (χ4n) is 1.86. The van der Waals surface area contributed by atoms with E-state index in [-0.39, 0.29) is 16.8 Å². The molecule has 0 saturated carbocycles. The van der Waals surface area contributed by atoms with Gasteiger partial charge in [-0.1, -0.05) is 29.3 Å². The molecule has 1 amide bonds. The van der Waals surface area contributed by atoms with E-state index in [0.29, 0.717) is 15.6 Å². The van der Waals surface area contributed by atoms with Crippen LogP contribution in [0.25, 0.3) is 0 Å². The lowest BCUT2D eigenvalue weighted by Crippen LogP contribution is -2.33. The number of primary sulfonamides is 1. The summed E-state index contributed by atoms with van der Waals surface area (Å²) in [5.41, 5.74) is 0.991. The highest BCUT2D eigenvalue weighted by atomic mass is 79.9. The van der Waals surface area contributed by atoms with Crippen LogP contribution >= 0.6 is 15.9 Å². The monoisotopic (exact) mass is 362 g/mol. The Morgan fingerprint density at radius 1 is 1.45 bits per heavy atom. The molecule has 0 aliphatic rings. The van der Waals surface area contributed by atoms with Crippen molar-refractivity contribution in [2.24, 2.45) is 5.14 Å². The zero-order valence-electron chi connectivity index (χ0n) is 11.7. The van der Waals surface area contributed by atoms with Crippen molar-refractivity contribution in [1.29, 1.82) is 0 Å². The van der Waals surface area contributed by atoms with E-state index in [9.17, 15) is 13.2 Å². The number of carbonyl (C=O) groups is 1. The van der Waals surface area contributed by atoms with Crippen molar-refractivity contribution in [3.05, 3.63) is 27.7 Å². The molecule has 1 aromatic carbocycles. The SMILES string of the molecule is CCCC(C)NC(=O)c1cc(S(N)(=O)=O)cc(Br)c1C. The van der Waals surface area contributed by atoms with Gasteiger partial charge in [-0.05, 0) is 38.0 Å². The maximum Gasteiger partial charge on any atom is 0.251 e. The molecule has 0 radical (unpaired) electrons. The number of sulfonamides is 1. The maximum atomic E-state index is 12.2. The average Bonchev–Trinajstić information content (AvgIpc) is 2.31. The van der Waals surface area contributed by atoms with E-state index >= 15 is 0 Å². The third-order valence-corrected chi connectivity index (χ3v) is 4.71. The molecule has 7 heteroatoms. The molecule has 0 fully saturated rings. The van der Waals surface area contributed by atoms with Gasteiger partial charge in [-0.3, -0.25) is 4.79 Å². The first-order valence-corrected chi connectivity index (χ1v) is 8.64. The van der Waals surface area contributed by atoms with Crippen LogP contribution in [0.1, 0.15) is 42.6 Å². The summed E-state index contributed by atoms with van der Waals surface area (Å²) < 4.78 is 23.4. The van der Waals surface area contributed by atoms with Crippen LogP contribution in [0, 0.1) is 6.92 Å². The molecular weight excluding hydrogens is 344 g/mol. The molecule has 0 spiro atoms. The Balaban J connectivity index is 3.17. The molecule has 1 atom stereocenters. The molecule has 0 aliphatic heterocycles. The van der Waals surface area contributed by atoms with Crippen LogP contribution in [0.15, 0.2) is 21.5 Å². The van der Waals surface area contributed by atoms with Gasteiger partial charge in [0.25, 0.3) is 5.91 Å². The number of rotatable bonds is 5. The number of hydrogen-bond acceptors (Lipinski definition) is 3. The van der Waals surface area contributed by atoms with E-state index in [4.69, 9.17) is 5.14 Å². The van der Waals surface area contributed by atoms with Crippen LogP contribution in [0.5, 0.6) is 0 Å². The number of hydrogen-bond donors (Lipinski definition) is 2. The van der Waals surface area contributed by atoms with Gasteiger partial charge in [0, 0.05) is 16.1 Å². The quantitative estimate of drug-likeness (QED) is 0.841. The fraction of sp³-hybridized carbons (Fsp3) is 0.462. The Kier molecular flexibility index (Phi) is 5.73. The lowest BCUT2D eigenvalue weighted by atomic mass is 10.1. The highest BCUT2D eigenvalue weighted by Crippen LogP contribution is 2.24. The molecular formula is C13H19BrN2O3S. The van der Waals surface area contributed by atoms with E-state index in [1.807, 2.05) is 13.8 Å². The minimum absolute atomic E-state index is 0.0313. The van der Waals surface area contributed by atoms with Crippen molar-refractivity contribution in [3.63, 3.8) is 0 Å². The van der Waals surface area contributed by atoms with Crippen molar-refractivity contribution in [2.45, 2.75) is 44.6 Å². The molecule has 1 aromatic rings. The predicted octanol–water partition coefficient (Wildman–Crippen LogP) is 2.32. The molecule has 0 saturated heterocycles. The summed E-state index contributed by atoms with van der Waals surface area (Å²) in [7, 11) is -3.85. The second-order valence-electron chi connectivity index (χ2n) is 4.79. The maximum absolute atomic E-state index is 12.2. The van der Waals surface area contributed by atoms with Gasteiger partial charge >= 0.3 is 0 Å². The largest absolute Gasteiger partial charge is 0.350 e. The van der Waals surface area contributed by atoms with Gasteiger partial charge in [0.1, 0.15) is 0 Å². The third kappa shape index (κ3) is 4.29. The standard InChI is InChI=1S/C13H19BrN2O3S/c1-4-5-8(2)16-13(17)11-6-10(20(15,18)19)7-12(14)9(11)3/h6-8H,4-5H2,1-3H3,(H,16,17)(H2,15,18,19). The lowest BCUT2D eigenvalue weighted by Gasteiger charge is -2.15. The molecule has 0 aliphatic carbocycles. The number of benzene rings is 1. The Labute approximate surface area is 128 Å². The summed E-state index contributed by atoms with van der Waals surface area (Å²) in [5, 5.41) is 7.96. The van der Waals surface area contributed by atoms with Gasteiger partial charge in [0.05, 0.1) is 4.90 Å². The van der Waals surface area contributed by atoms with Gasteiger partial charge in [-0.25, -0.2) is 13.6 Å². The summed E-state index contributed by atoms with van der Waals surface area (Å²) in [5.74, 6) is -0.297. The Morgan fingerprint density at radius 2 is 2.05 bits per heavy atom. The summed E-state index contributed by atoms with van der Waals surface area (Å²) in [6.07, 6.45) is 1.82. The van der Waals surface area contributed by atoms with Crippen LogP contribution in [0.2, 0.25) is 0 Å². The zero-order valence-corrected chi connectivity index (χ0v) is 14.1. The topological polar surface area (TPSA) is 89.3 Å². The van der Waals surface area contributed by atoms with Crippen molar-refractivity contribution >= 4 is 31.9 Å². The number of nitrogens with two attached hydrogens (primary N) is 1. The fourth-order valence-corrected chi connectivity index (χ4v) is 3.04. The lowest BCUT2D eigenvalue weighted by molar-refractivity contribution is 0.0937. The minimum atomic E-state index is -3.85. The summed E-state index contributed by atoms with van der Waals surface area (Å²) >= 11 is 3.25. The van der Waals surface area contributed by atoms with Crippen molar-refractivity contribution in [3.8, 4) is 0 Å². The number of nitrogens with one attached hydrogen (secondary N) is 1. The molecule has 20 heavy (non-hydrogen) atoms. The molecule has 0 bridgehead atoms. The normalized spacial score (nSPS) is 13.1. The third-order valence-electron chi connectivity index (χ3n) is 2.99. The number of carbonyl (C=O) groups excluding carboxylic acids is 1. The van der Waals surface area contributed by atoms with E-state index in [2.05, 4.69) is 21.2 Å². The van der Waals surface area contributed by atoms with Crippen LogP contribution < -0.4 is 10.5 Å². The molecule has 5 nitrogen and oxygen atoms in total. The molecule has 3 N–H and O–H groups in total. The van der Waals surface area contributed by atoms with Gasteiger partial charge in [0.15, 0.2) is 0 Å². The highest BCUT2D eigenvalue weighted by molar-refractivity contribution is 9.10. The van der Waals surface area contributed by atoms with E-state index < -0.39 is 10.0 Å². The smallest absolute Gasteiger partial charge is 0.251 e. The van der Waals surface area contributed by atoms with Crippen molar-refractivity contribution in [2.75, 3.05) is 0 Å². The minimum Gasteiger partial charge on any atom is -0.350 e. The molecule has 0 aromatic heterocycles. The van der Waals surface area contributed by atoms with Gasteiger partial charge in [0.2, 0.25) is 10.0 Å². The van der Waals surface area contributed by atoms with Crippen LogP contribution in [-0.2, 0) is 10.0 Å². The first-order chi connectivity index (χ1) is 9.16. The van der Waals surface area contributed by atoms with Crippen molar-refractivity contribution < 1.29 is 13.2 Å². The van der Waals surface area contributed by atoms with E-state index in [1.165, 1.54) is 12.1 Å². The Hall–Kier alpha value is -0.920. The Bertz CT molecular complexity index is 614. The number of halogens is 1. The molecule has 112 valence electrons. The first kappa shape index (κ1) is 17.1.